The zero-order valence-corrected chi connectivity index (χ0v) is 10.5. The highest BCUT2D eigenvalue weighted by Crippen LogP contribution is 2.13. The molecule has 0 unspecified atom stereocenters. The molecule has 0 aliphatic heterocycles. The molecule has 0 saturated heterocycles. The molecule has 2 aromatic rings. The van der Waals surface area contributed by atoms with Crippen LogP contribution in [0.15, 0.2) is 30.7 Å². The van der Waals surface area contributed by atoms with E-state index < -0.39 is 0 Å². The Morgan fingerprint density at radius 3 is 2.94 bits per heavy atom. The molecule has 6 nitrogen and oxygen atoms in total. The molecular weight excluding hydrogens is 228 g/mol. The van der Waals surface area contributed by atoms with Crippen molar-refractivity contribution in [2.75, 3.05) is 11.9 Å². The number of aryl methyl sites for hydroxylation is 1. The molecule has 6 heteroatoms. The number of aromatic nitrogens is 3. The Kier molecular flexibility index (Phi) is 3.27. The predicted octanol–water partition coefficient (Wildman–Crippen LogP) is 0.736. The summed E-state index contributed by atoms with van der Waals surface area (Å²) in [5.41, 5.74) is 7.25. The quantitative estimate of drug-likeness (QED) is 0.613. The lowest BCUT2D eigenvalue weighted by Crippen LogP contribution is -2.19. The van der Waals surface area contributed by atoms with Crippen LogP contribution >= 0.6 is 0 Å². The van der Waals surface area contributed by atoms with Gasteiger partial charge in [0.05, 0.1) is 6.20 Å². The van der Waals surface area contributed by atoms with E-state index in [0.29, 0.717) is 12.1 Å². The number of nitrogens with zero attached hydrogens (tertiary/aromatic N) is 4. The molecule has 0 amide bonds. The Labute approximate surface area is 106 Å². The van der Waals surface area contributed by atoms with Crippen LogP contribution in [-0.2, 0) is 13.6 Å². The third-order valence-electron chi connectivity index (χ3n) is 2.63. The van der Waals surface area contributed by atoms with Crippen molar-refractivity contribution in [1.82, 2.24) is 14.8 Å². The summed E-state index contributed by atoms with van der Waals surface area (Å²) >= 11 is 0. The molecule has 2 rings (SSSR count). The Balaban J connectivity index is 2.15. The van der Waals surface area contributed by atoms with Crippen LogP contribution in [0.2, 0.25) is 0 Å². The first-order valence-corrected chi connectivity index (χ1v) is 5.55. The molecule has 0 aromatic carbocycles. The molecule has 0 fully saturated rings. The van der Waals surface area contributed by atoms with Crippen molar-refractivity contribution in [3.05, 3.63) is 41.9 Å². The van der Waals surface area contributed by atoms with Gasteiger partial charge in [-0.1, -0.05) is 0 Å². The predicted molar refractivity (Wildman–Crippen MR) is 70.6 cm³/mol. The van der Waals surface area contributed by atoms with Crippen molar-refractivity contribution in [3.63, 3.8) is 0 Å². The minimum Gasteiger partial charge on any atom is -0.384 e. The van der Waals surface area contributed by atoms with Crippen LogP contribution in [0.1, 0.15) is 11.1 Å². The van der Waals surface area contributed by atoms with Gasteiger partial charge in [0, 0.05) is 44.2 Å². The van der Waals surface area contributed by atoms with Crippen LogP contribution in [0.5, 0.6) is 0 Å². The summed E-state index contributed by atoms with van der Waals surface area (Å²) in [5, 5.41) is 11.5. The lowest BCUT2D eigenvalue weighted by atomic mass is 10.2. The maximum atomic E-state index is 7.42. The van der Waals surface area contributed by atoms with Crippen LogP contribution in [0.25, 0.3) is 0 Å². The standard InChI is InChI=1S/C12H16N6/c1-17(7-9-6-16-18(2)8-9)11-5-10(12(13)14)3-4-15-11/h3-6,8H,7H2,1-2H3,(H3,13,14). The first kappa shape index (κ1) is 12.1. The second-order valence-electron chi connectivity index (χ2n) is 4.19. The fourth-order valence-electron chi connectivity index (χ4n) is 1.70. The van der Waals surface area contributed by atoms with E-state index >= 15 is 0 Å². The van der Waals surface area contributed by atoms with E-state index in [1.54, 1.807) is 23.0 Å². The first-order chi connectivity index (χ1) is 8.56. The van der Waals surface area contributed by atoms with Gasteiger partial charge in [0.1, 0.15) is 11.7 Å². The van der Waals surface area contributed by atoms with Gasteiger partial charge in [0.25, 0.3) is 0 Å². The highest BCUT2D eigenvalue weighted by Gasteiger charge is 2.06. The number of pyridine rings is 1. The number of amidine groups is 1. The van der Waals surface area contributed by atoms with Gasteiger partial charge in [0.15, 0.2) is 0 Å². The zero-order valence-electron chi connectivity index (χ0n) is 10.5. The molecule has 2 aromatic heterocycles. The minimum atomic E-state index is 0.0495. The SMILES string of the molecule is CN(Cc1cnn(C)c1)c1cc(C(=N)N)ccn1. The summed E-state index contributed by atoms with van der Waals surface area (Å²) in [4.78, 5) is 6.26. The summed E-state index contributed by atoms with van der Waals surface area (Å²) < 4.78 is 1.77. The molecule has 0 spiro atoms. The highest BCUT2D eigenvalue weighted by atomic mass is 15.2. The van der Waals surface area contributed by atoms with Gasteiger partial charge in [0.2, 0.25) is 0 Å². The van der Waals surface area contributed by atoms with Crippen LogP contribution in [0.3, 0.4) is 0 Å². The number of rotatable bonds is 4. The maximum absolute atomic E-state index is 7.42. The first-order valence-electron chi connectivity index (χ1n) is 5.55. The topological polar surface area (TPSA) is 83.8 Å². The highest BCUT2D eigenvalue weighted by molar-refractivity contribution is 5.95. The number of nitrogen functional groups attached to an aromatic ring is 1. The van der Waals surface area contributed by atoms with E-state index in [1.807, 2.05) is 31.4 Å². The third kappa shape index (κ3) is 2.65. The Bertz CT molecular complexity index is 559. The van der Waals surface area contributed by atoms with Crippen LogP contribution in [0.4, 0.5) is 5.82 Å². The zero-order chi connectivity index (χ0) is 13.1. The van der Waals surface area contributed by atoms with E-state index in [1.165, 1.54) is 0 Å². The molecule has 0 aliphatic rings. The number of hydrogen-bond donors (Lipinski definition) is 2. The second kappa shape index (κ2) is 4.87. The lowest BCUT2D eigenvalue weighted by Gasteiger charge is -2.17. The van der Waals surface area contributed by atoms with Gasteiger partial charge < -0.3 is 10.6 Å². The van der Waals surface area contributed by atoms with Crippen molar-refractivity contribution in [3.8, 4) is 0 Å². The Morgan fingerprint density at radius 2 is 2.33 bits per heavy atom. The number of nitrogens with one attached hydrogen (secondary N) is 1. The Hall–Kier alpha value is -2.37. The van der Waals surface area contributed by atoms with Gasteiger partial charge in [-0.3, -0.25) is 10.1 Å². The average Bonchev–Trinajstić information content (AvgIpc) is 2.75. The van der Waals surface area contributed by atoms with Crippen molar-refractivity contribution >= 4 is 11.7 Å². The molecule has 0 aliphatic carbocycles. The van der Waals surface area contributed by atoms with E-state index in [-0.39, 0.29) is 5.84 Å². The number of anilines is 1. The lowest BCUT2D eigenvalue weighted by molar-refractivity contribution is 0.766. The summed E-state index contributed by atoms with van der Waals surface area (Å²) in [7, 11) is 3.83. The normalized spacial score (nSPS) is 10.3. The van der Waals surface area contributed by atoms with Crippen molar-refractivity contribution < 1.29 is 0 Å². The van der Waals surface area contributed by atoms with Crippen LogP contribution in [0, 0.1) is 5.41 Å². The van der Waals surface area contributed by atoms with Crippen molar-refractivity contribution in [1.29, 1.82) is 5.41 Å². The van der Waals surface area contributed by atoms with Crippen molar-refractivity contribution in [2.45, 2.75) is 6.54 Å². The molecular formula is C12H16N6. The summed E-state index contributed by atoms with van der Waals surface area (Å²) in [6, 6.07) is 3.53. The molecule has 94 valence electrons. The molecule has 0 saturated carbocycles. The largest absolute Gasteiger partial charge is 0.384 e. The number of hydrogen-bond acceptors (Lipinski definition) is 4. The molecule has 2 heterocycles. The van der Waals surface area contributed by atoms with Gasteiger partial charge in [-0.15, -0.1) is 0 Å². The van der Waals surface area contributed by atoms with Gasteiger partial charge in [-0.05, 0) is 12.1 Å². The van der Waals surface area contributed by atoms with Gasteiger partial charge in [-0.2, -0.15) is 5.10 Å². The number of nitrogens with two attached hydrogens (primary N) is 1. The third-order valence-corrected chi connectivity index (χ3v) is 2.63. The van der Waals surface area contributed by atoms with E-state index in [2.05, 4.69) is 10.1 Å². The van der Waals surface area contributed by atoms with Gasteiger partial charge >= 0.3 is 0 Å². The summed E-state index contributed by atoms with van der Waals surface area (Å²) in [6.07, 6.45) is 5.45. The van der Waals surface area contributed by atoms with E-state index in [9.17, 15) is 0 Å². The molecule has 18 heavy (non-hydrogen) atoms. The summed E-state index contributed by atoms with van der Waals surface area (Å²) in [5.74, 6) is 0.833. The summed E-state index contributed by atoms with van der Waals surface area (Å²) in [6.45, 7) is 0.711. The molecule has 0 atom stereocenters. The maximum Gasteiger partial charge on any atom is 0.129 e. The van der Waals surface area contributed by atoms with E-state index in [0.717, 1.165) is 11.4 Å². The Morgan fingerprint density at radius 1 is 1.56 bits per heavy atom. The van der Waals surface area contributed by atoms with E-state index in [4.69, 9.17) is 11.1 Å². The van der Waals surface area contributed by atoms with Crippen LogP contribution in [-0.4, -0.2) is 27.6 Å². The van der Waals surface area contributed by atoms with Crippen molar-refractivity contribution in [2.24, 2.45) is 12.8 Å². The smallest absolute Gasteiger partial charge is 0.129 e. The minimum absolute atomic E-state index is 0.0495. The van der Waals surface area contributed by atoms with Crippen LogP contribution < -0.4 is 10.6 Å². The average molecular weight is 244 g/mol. The van der Waals surface area contributed by atoms with Gasteiger partial charge in [-0.25, -0.2) is 4.98 Å². The fraction of sp³-hybridized carbons (Fsp3) is 0.250. The molecule has 0 radical (unpaired) electrons. The monoisotopic (exact) mass is 244 g/mol. The fourth-order valence-corrected chi connectivity index (χ4v) is 1.70. The second-order valence-corrected chi connectivity index (χ2v) is 4.19. The molecule has 0 bridgehead atoms. The molecule has 3 N–H and O–H groups in total.